The number of rotatable bonds is 29. The summed E-state index contributed by atoms with van der Waals surface area (Å²) in [6, 6.07) is 93.1. The zero-order chi connectivity index (χ0) is 96.3. The van der Waals surface area contributed by atoms with Gasteiger partial charge in [-0.3, -0.25) is 4.79 Å². The van der Waals surface area contributed by atoms with Gasteiger partial charge in [0.1, 0.15) is 24.4 Å². The summed E-state index contributed by atoms with van der Waals surface area (Å²) in [5.74, 6) is 5.99. The van der Waals surface area contributed by atoms with E-state index >= 15 is 4.79 Å². The van der Waals surface area contributed by atoms with Crippen LogP contribution in [0.4, 0.5) is 5.69 Å². The maximum atomic E-state index is 15.4. The van der Waals surface area contributed by atoms with Crippen molar-refractivity contribution in [2.24, 2.45) is 0 Å². The smallest absolute Gasteiger partial charge is 0.224 e. The Balaban J connectivity index is 0.838. The second-order valence-corrected chi connectivity index (χ2v) is 52.2. The monoisotopic (exact) mass is 1900 g/mol. The van der Waals surface area contributed by atoms with Gasteiger partial charge in [-0.25, -0.2) is 4.58 Å². The molecule has 1 aliphatic carbocycles. The molecule has 2 aliphatic rings. The Kier molecular flexibility index (Phi) is 32.2. The summed E-state index contributed by atoms with van der Waals surface area (Å²) in [6.45, 7) is 70.8. The lowest BCUT2D eigenvalue weighted by Crippen LogP contribution is -2.29. The first-order valence-electron chi connectivity index (χ1n) is 48.0. The molecule has 0 unspecified atom stereocenters. The SMILES string of the molecule is CCN(CC)c1ccc2c(-c3ccccc3C(=O)Sc3ccc(C(C)(c4ccc(SCc5cc(SCc6cc(C(C)(C)C)cc(C(C)(C)C)c6)cc(SCc6cc(C(C)(C)C)cc(C(C)(C)C)c6)c5)cc4)c4ccc(SCc5cc(SCc6cc(C(C)(C)C)cc(C(C)(C)C)c6)cc(SCc6cc(C(C)(C)C)cc(C(C)(C)C)c6)c5)cc4)cc3)c3ccc(=[N+](CC)CC)cc-3oc2c1. The van der Waals surface area contributed by atoms with Crippen LogP contribution in [0.15, 0.2) is 281 Å². The van der Waals surface area contributed by atoms with Crippen LogP contribution < -0.4 is 14.8 Å². The fraction of sp³-hybridized carbons (Fsp3) is 0.393. The largest absolute Gasteiger partial charge is 0.456 e. The van der Waals surface area contributed by atoms with Crippen LogP contribution in [-0.2, 0) is 83.3 Å². The Morgan fingerprint density at radius 1 is 0.293 bits per heavy atom. The van der Waals surface area contributed by atoms with Crippen LogP contribution in [0.2, 0.25) is 0 Å². The van der Waals surface area contributed by atoms with Crippen LogP contribution >= 0.6 is 82.3 Å². The highest BCUT2D eigenvalue weighted by Gasteiger charge is 2.34. The number of hydrogen-bond donors (Lipinski definition) is 0. The molecular formula is C122H147N2O2S7+. The molecule has 0 spiro atoms. The predicted molar refractivity (Wildman–Crippen MR) is 589 cm³/mol. The van der Waals surface area contributed by atoms with E-state index < -0.39 is 5.41 Å². The minimum atomic E-state index is -0.599. The number of nitrogens with zero attached hydrogens (tertiary/aromatic N) is 2. The average molecular weight is 1900 g/mol. The Bertz CT molecular complexity index is 5740. The van der Waals surface area contributed by atoms with Crippen LogP contribution in [-0.4, -0.2) is 31.3 Å². The number of carbonyl (C=O) groups excluding carboxylic acids is 1. The maximum absolute atomic E-state index is 15.4. The van der Waals surface area contributed by atoms with Gasteiger partial charge >= 0.3 is 0 Å². The predicted octanol–water partition coefficient (Wildman–Crippen LogP) is 35.3. The van der Waals surface area contributed by atoms with Gasteiger partial charge in [0.15, 0.2) is 0 Å². The number of benzene rings is 12. The Labute approximate surface area is 830 Å². The van der Waals surface area contributed by atoms with Gasteiger partial charge in [-0.1, -0.05) is 294 Å². The normalized spacial score (nSPS) is 12.8. The van der Waals surface area contributed by atoms with Crippen molar-refractivity contribution in [2.45, 2.75) is 318 Å². The van der Waals surface area contributed by atoms with Crippen LogP contribution in [0.3, 0.4) is 0 Å². The third-order valence-electron chi connectivity index (χ3n) is 26.1. The highest BCUT2D eigenvalue weighted by molar-refractivity contribution is 8.14. The lowest BCUT2D eigenvalue weighted by atomic mass is 9.71. The molecular weight excluding hydrogens is 1750 g/mol. The third kappa shape index (κ3) is 25.9. The van der Waals surface area contributed by atoms with E-state index in [-0.39, 0.29) is 48.4 Å². The summed E-state index contributed by atoms with van der Waals surface area (Å²) in [5, 5.41) is 2.06. The summed E-state index contributed by atoms with van der Waals surface area (Å²) in [4.78, 5) is 26.3. The summed E-state index contributed by atoms with van der Waals surface area (Å²) >= 11 is 13.0. The average Bonchev–Trinajstić information content (AvgIpc) is 0.740. The first-order chi connectivity index (χ1) is 62.4. The second-order valence-electron chi connectivity index (χ2n) is 44.8. The molecule has 0 radical (unpaired) electrons. The van der Waals surface area contributed by atoms with Crippen molar-refractivity contribution in [2.75, 3.05) is 31.1 Å². The summed E-state index contributed by atoms with van der Waals surface area (Å²) in [5.41, 5.74) is 27.8. The standard InChI is InChI=1S/C122H147N2O2S7/c1-30-123(31-2)97-44-52-108-110(70-97)126-111-71-98(124(32-3)33-4)45-53-109(111)112(108)106-36-34-35-37-107(106)113(125)133-101-50-42-88(43-51-101)122(29,86-38-46-99(47-39-86)127-78-84-62-102(129-74-80-54-89(114(5,6)7)66-90(55-80)115(8,9)10)72-103(63-84)130-75-81-56-91(116(11,12)13)67-92(57-81)117(14,15)16)87-40-48-100(49-41-87)128-79-85-64-104(131-76-82-58-93(118(17,18)19)68-94(59-82)119(20,21)22)73-105(65-85)132-77-83-60-95(120(23,24)25)69-96(61-83)121(26,27)28/h34-73H,30-33,74-79H2,1-29H3/q+1. The molecule has 13 rings (SSSR count). The summed E-state index contributed by atoms with van der Waals surface area (Å²) < 4.78 is 9.29. The molecule has 698 valence electrons. The van der Waals surface area contributed by atoms with E-state index in [0.29, 0.717) is 5.56 Å². The van der Waals surface area contributed by atoms with Gasteiger partial charge in [0.2, 0.25) is 10.5 Å². The van der Waals surface area contributed by atoms with Crippen LogP contribution in [0.25, 0.3) is 33.4 Å². The minimum Gasteiger partial charge on any atom is -0.456 e. The number of thioether (sulfide) groups is 7. The van der Waals surface area contributed by atoms with Gasteiger partial charge in [0.05, 0.1) is 6.07 Å². The summed E-state index contributed by atoms with van der Waals surface area (Å²) in [7, 11) is 0. The first kappa shape index (κ1) is 102. The van der Waals surface area contributed by atoms with E-state index in [1.165, 1.54) is 130 Å². The maximum Gasteiger partial charge on any atom is 0.224 e. The number of fused-ring (bicyclic) bond motifs is 2. The lowest BCUT2D eigenvalue weighted by Gasteiger charge is -2.32. The first-order valence-corrected chi connectivity index (χ1v) is 54.8. The second kappa shape index (κ2) is 41.8. The van der Waals surface area contributed by atoms with Gasteiger partial charge in [0.25, 0.3) is 0 Å². The van der Waals surface area contributed by atoms with Crippen molar-refractivity contribution in [3.63, 3.8) is 0 Å². The fourth-order valence-electron chi connectivity index (χ4n) is 17.2. The van der Waals surface area contributed by atoms with E-state index in [2.05, 4.69) is 441 Å². The molecule has 4 nitrogen and oxygen atoms in total. The molecule has 0 amide bonds. The zero-order valence-corrected chi connectivity index (χ0v) is 90.9. The topological polar surface area (TPSA) is 36.5 Å². The van der Waals surface area contributed by atoms with Crippen molar-refractivity contribution in [1.82, 2.24) is 4.58 Å². The molecule has 11 aromatic rings. The van der Waals surface area contributed by atoms with Crippen LogP contribution in [0.1, 0.15) is 306 Å². The molecule has 11 heteroatoms. The molecule has 0 aromatic heterocycles. The van der Waals surface area contributed by atoms with Crippen molar-refractivity contribution in [3.8, 4) is 22.5 Å². The minimum absolute atomic E-state index is 0.0174. The van der Waals surface area contributed by atoms with Gasteiger partial charge in [-0.15, -0.1) is 70.6 Å². The number of carbonyl (C=O) groups is 1. The Morgan fingerprint density at radius 2 is 0.602 bits per heavy atom. The van der Waals surface area contributed by atoms with Crippen molar-refractivity contribution >= 4 is 104 Å². The fourth-order valence-corrected chi connectivity index (χ4v) is 23.6. The van der Waals surface area contributed by atoms with Gasteiger partial charge in [-0.2, -0.15) is 0 Å². The van der Waals surface area contributed by atoms with E-state index in [1.807, 2.05) is 82.7 Å². The Hall–Kier alpha value is -7.97. The molecule has 0 bridgehead atoms. The zero-order valence-electron chi connectivity index (χ0n) is 85.2. The molecule has 0 fully saturated rings. The van der Waals surface area contributed by atoms with Crippen molar-refractivity contribution in [1.29, 1.82) is 0 Å². The van der Waals surface area contributed by atoms with E-state index in [1.54, 1.807) is 0 Å². The molecule has 1 aliphatic heterocycles. The van der Waals surface area contributed by atoms with E-state index in [9.17, 15) is 0 Å². The molecule has 0 N–H and O–H groups in total. The quantitative estimate of drug-likeness (QED) is 0.0196. The molecule has 0 saturated carbocycles. The molecule has 11 aromatic carbocycles. The molecule has 0 saturated heterocycles. The third-order valence-corrected chi connectivity index (χ3v) is 33.3. The van der Waals surface area contributed by atoms with Crippen LogP contribution in [0, 0.1) is 0 Å². The van der Waals surface area contributed by atoms with Gasteiger partial charge < -0.3 is 9.32 Å². The molecule has 133 heavy (non-hydrogen) atoms. The van der Waals surface area contributed by atoms with Crippen LogP contribution in [0.5, 0.6) is 0 Å². The Morgan fingerprint density at radius 3 is 0.917 bits per heavy atom. The van der Waals surface area contributed by atoms with E-state index in [0.717, 1.165) is 116 Å². The molecule has 1 heterocycles. The highest BCUT2D eigenvalue weighted by Crippen LogP contribution is 2.48. The number of hydrogen-bond acceptors (Lipinski definition) is 10. The van der Waals surface area contributed by atoms with Gasteiger partial charge in [-0.05, 0) is 287 Å². The summed E-state index contributed by atoms with van der Waals surface area (Å²) in [6.07, 6.45) is 0. The molecule has 0 atom stereocenters. The van der Waals surface area contributed by atoms with Gasteiger partial charge in [0, 0.05) is 127 Å². The van der Waals surface area contributed by atoms with Crippen molar-refractivity contribution in [3.05, 3.63) is 348 Å². The highest BCUT2D eigenvalue weighted by atomic mass is 32.2. The lowest BCUT2D eigenvalue weighted by molar-refractivity contribution is 0.108. The van der Waals surface area contributed by atoms with E-state index in [4.69, 9.17) is 4.42 Å². The van der Waals surface area contributed by atoms with Crippen molar-refractivity contribution < 1.29 is 9.21 Å². The number of anilines is 1.